The molecule has 2 fully saturated rings. The number of nitrogens with one attached hydrogen (secondary N) is 2. The van der Waals surface area contributed by atoms with Crippen LogP contribution < -0.4 is 20.3 Å². The minimum atomic E-state index is -0.413. The summed E-state index contributed by atoms with van der Waals surface area (Å²) in [7, 11) is 0. The first kappa shape index (κ1) is 25.1. The van der Waals surface area contributed by atoms with Crippen LogP contribution in [-0.2, 0) is 0 Å². The maximum atomic E-state index is 14.5. The number of carbonyl (C=O) groups excluding carboxylic acids is 1. The zero-order valence-corrected chi connectivity index (χ0v) is 21.8. The van der Waals surface area contributed by atoms with Gasteiger partial charge in [-0.15, -0.1) is 0 Å². The van der Waals surface area contributed by atoms with E-state index in [1.54, 1.807) is 24.4 Å². The summed E-state index contributed by atoms with van der Waals surface area (Å²) in [5.41, 5.74) is 1.67. The normalized spacial score (nSPS) is 15.9. The average molecular weight is 526 g/mol. The minimum absolute atomic E-state index is 0.295. The molecule has 7 nitrogen and oxygen atoms in total. The third-order valence-electron chi connectivity index (χ3n) is 7.53. The molecule has 8 heteroatoms. The molecule has 0 atom stereocenters. The smallest absolute Gasteiger partial charge is 0.255 e. The van der Waals surface area contributed by atoms with Crippen molar-refractivity contribution in [2.75, 3.05) is 28.6 Å². The van der Waals surface area contributed by atoms with Crippen molar-refractivity contribution in [2.45, 2.75) is 51.0 Å². The molecule has 1 saturated carbocycles. The SMILES string of the molecule is O=C(Nc1ccc(Oc2ccnc(NC3CCCC3)n2)c2ccccc12)c1cc(F)cc(N2CCCCC2)c1. The molecule has 1 aliphatic heterocycles. The fourth-order valence-electron chi connectivity index (χ4n) is 5.54. The maximum absolute atomic E-state index is 14.5. The number of anilines is 3. The van der Waals surface area contributed by atoms with Gasteiger partial charge in [-0.3, -0.25) is 4.79 Å². The van der Waals surface area contributed by atoms with Gasteiger partial charge in [0, 0.05) is 59.1 Å². The van der Waals surface area contributed by atoms with Gasteiger partial charge in [-0.2, -0.15) is 4.98 Å². The molecule has 0 unspecified atom stereocenters. The van der Waals surface area contributed by atoms with Gasteiger partial charge < -0.3 is 20.3 Å². The first-order chi connectivity index (χ1) is 19.1. The van der Waals surface area contributed by atoms with Crippen LogP contribution in [0.15, 0.2) is 66.9 Å². The van der Waals surface area contributed by atoms with Crippen LogP contribution in [0.2, 0.25) is 0 Å². The van der Waals surface area contributed by atoms with Crippen molar-refractivity contribution >= 4 is 34.0 Å². The van der Waals surface area contributed by atoms with Crippen LogP contribution in [0.4, 0.5) is 21.7 Å². The minimum Gasteiger partial charge on any atom is -0.438 e. The van der Waals surface area contributed by atoms with E-state index < -0.39 is 5.82 Å². The van der Waals surface area contributed by atoms with Crippen LogP contribution in [0, 0.1) is 5.82 Å². The van der Waals surface area contributed by atoms with E-state index >= 15 is 0 Å². The van der Waals surface area contributed by atoms with Crippen LogP contribution >= 0.6 is 0 Å². The van der Waals surface area contributed by atoms with Crippen molar-refractivity contribution in [1.29, 1.82) is 0 Å². The quantitative estimate of drug-likeness (QED) is 0.267. The van der Waals surface area contributed by atoms with Gasteiger partial charge in [-0.25, -0.2) is 9.37 Å². The van der Waals surface area contributed by atoms with Gasteiger partial charge in [0.1, 0.15) is 11.6 Å². The Labute approximate surface area is 227 Å². The number of halogens is 1. The Balaban J connectivity index is 1.23. The van der Waals surface area contributed by atoms with Gasteiger partial charge in [-0.1, -0.05) is 37.1 Å². The molecule has 4 aromatic rings. The predicted octanol–water partition coefficient (Wildman–Crippen LogP) is 7.16. The van der Waals surface area contributed by atoms with Crippen molar-refractivity contribution in [3.8, 4) is 11.6 Å². The second-order valence-corrected chi connectivity index (χ2v) is 10.3. The lowest BCUT2D eigenvalue weighted by molar-refractivity contribution is 0.102. The molecule has 0 radical (unpaired) electrons. The Hall–Kier alpha value is -4.20. The lowest BCUT2D eigenvalue weighted by Crippen LogP contribution is -2.29. The first-order valence-corrected chi connectivity index (χ1v) is 13.8. The van der Waals surface area contributed by atoms with Crippen molar-refractivity contribution in [1.82, 2.24) is 9.97 Å². The molecule has 1 aromatic heterocycles. The molecule has 39 heavy (non-hydrogen) atoms. The van der Waals surface area contributed by atoms with E-state index in [1.165, 1.54) is 31.4 Å². The van der Waals surface area contributed by atoms with E-state index in [0.29, 0.717) is 34.9 Å². The van der Waals surface area contributed by atoms with Crippen molar-refractivity contribution in [3.05, 3.63) is 78.2 Å². The molecule has 3 aromatic carbocycles. The summed E-state index contributed by atoms with van der Waals surface area (Å²) in [5, 5.41) is 8.02. The number of hydrogen-bond acceptors (Lipinski definition) is 6. The van der Waals surface area contributed by atoms with Gasteiger partial charge in [0.2, 0.25) is 11.8 Å². The van der Waals surface area contributed by atoms with Crippen molar-refractivity contribution in [2.24, 2.45) is 0 Å². The molecule has 200 valence electrons. The van der Waals surface area contributed by atoms with E-state index in [1.807, 2.05) is 30.3 Å². The number of hydrogen-bond donors (Lipinski definition) is 2. The molecular formula is C31H32FN5O2. The van der Waals surface area contributed by atoms with Gasteiger partial charge in [0.05, 0.1) is 0 Å². The lowest BCUT2D eigenvalue weighted by Gasteiger charge is -2.29. The molecule has 2 aliphatic rings. The number of nitrogens with zero attached hydrogens (tertiary/aromatic N) is 3. The zero-order chi connectivity index (χ0) is 26.6. The van der Waals surface area contributed by atoms with Gasteiger partial charge in [-0.05, 0) is 62.4 Å². The largest absolute Gasteiger partial charge is 0.438 e. The Kier molecular flexibility index (Phi) is 7.25. The van der Waals surface area contributed by atoms with E-state index in [9.17, 15) is 9.18 Å². The number of carbonyl (C=O) groups is 1. The number of ether oxygens (including phenoxy) is 1. The molecule has 1 amide bonds. The summed E-state index contributed by atoms with van der Waals surface area (Å²) in [6.45, 7) is 1.75. The van der Waals surface area contributed by atoms with Gasteiger partial charge >= 0.3 is 0 Å². The van der Waals surface area contributed by atoms with Crippen LogP contribution in [0.5, 0.6) is 11.6 Å². The number of aromatic nitrogens is 2. The summed E-state index contributed by atoms with van der Waals surface area (Å²) in [4.78, 5) is 24.3. The van der Waals surface area contributed by atoms with Crippen LogP contribution in [0.25, 0.3) is 10.8 Å². The van der Waals surface area contributed by atoms with Gasteiger partial charge in [0.25, 0.3) is 5.91 Å². The number of rotatable bonds is 7. The molecule has 0 bridgehead atoms. The highest BCUT2D eigenvalue weighted by Crippen LogP contribution is 2.35. The highest BCUT2D eigenvalue weighted by Gasteiger charge is 2.18. The fourth-order valence-corrected chi connectivity index (χ4v) is 5.54. The lowest BCUT2D eigenvalue weighted by atomic mass is 10.1. The number of benzene rings is 3. The molecule has 6 rings (SSSR count). The Morgan fingerprint density at radius 2 is 1.72 bits per heavy atom. The molecule has 0 spiro atoms. The molecule has 2 N–H and O–H groups in total. The van der Waals surface area contributed by atoms with Crippen LogP contribution in [0.3, 0.4) is 0 Å². The van der Waals surface area contributed by atoms with E-state index in [4.69, 9.17) is 4.74 Å². The molecule has 1 saturated heterocycles. The topological polar surface area (TPSA) is 79.4 Å². The average Bonchev–Trinajstić information content (AvgIpc) is 3.48. The fraction of sp³-hybridized carbons (Fsp3) is 0.323. The third kappa shape index (κ3) is 5.79. The monoisotopic (exact) mass is 525 g/mol. The standard InChI is InChI=1S/C31H32FN5O2/c32-22-18-21(19-24(20-22)37-16-6-1-7-17-37)30(38)35-27-12-13-28(26-11-5-4-10-25(26)27)39-29-14-15-33-31(36-29)34-23-8-2-3-9-23/h4-5,10-15,18-20,23H,1-3,6-9,16-17H2,(H,35,38)(H,33,34,36). The third-order valence-corrected chi connectivity index (χ3v) is 7.53. The summed E-state index contributed by atoms with van der Waals surface area (Å²) in [5.74, 6) is 0.852. The maximum Gasteiger partial charge on any atom is 0.255 e. The summed E-state index contributed by atoms with van der Waals surface area (Å²) in [6.07, 6.45) is 9.72. The second-order valence-electron chi connectivity index (χ2n) is 10.3. The van der Waals surface area contributed by atoms with Gasteiger partial charge in [0.15, 0.2) is 0 Å². The van der Waals surface area contributed by atoms with E-state index in [0.717, 1.165) is 55.2 Å². The van der Waals surface area contributed by atoms with Crippen LogP contribution in [0.1, 0.15) is 55.3 Å². The number of amides is 1. The summed E-state index contributed by atoms with van der Waals surface area (Å²) >= 11 is 0. The highest BCUT2D eigenvalue weighted by molar-refractivity contribution is 6.10. The Bertz CT molecular complexity index is 1480. The predicted molar refractivity (Wildman–Crippen MR) is 152 cm³/mol. The molecule has 2 heterocycles. The Morgan fingerprint density at radius 3 is 2.54 bits per heavy atom. The number of fused-ring (bicyclic) bond motifs is 1. The zero-order valence-electron chi connectivity index (χ0n) is 21.8. The molecule has 1 aliphatic carbocycles. The Morgan fingerprint density at radius 1 is 0.923 bits per heavy atom. The van der Waals surface area contributed by atoms with E-state index in [2.05, 4.69) is 25.5 Å². The molecular weight excluding hydrogens is 493 g/mol. The highest BCUT2D eigenvalue weighted by atomic mass is 19.1. The first-order valence-electron chi connectivity index (χ1n) is 13.8. The summed E-state index contributed by atoms with van der Waals surface area (Å²) < 4.78 is 20.7. The van der Waals surface area contributed by atoms with Crippen molar-refractivity contribution in [3.63, 3.8) is 0 Å². The second kappa shape index (κ2) is 11.3. The summed E-state index contributed by atoms with van der Waals surface area (Å²) in [6, 6.07) is 18.0. The van der Waals surface area contributed by atoms with Crippen molar-refractivity contribution < 1.29 is 13.9 Å². The van der Waals surface area contributed by atoms with Crippen LogP contribution in [-0.4, -0.2) is 35.0 Å². The number of piperidine rings is 1. The van der Waals surface area contributed by atoms with E-state index in [-0.39, 0.29) is 5.91 Å².